The van der Waals surface area contributed by atoms with Crippen molar-refractivity contribution in [1.82, 2.24) is 14.7 Å². The topological polar surface area (TPSA) is 76.5 Å². The molecule has 7 nitrogen and oxygen atoms in total. The van der Waals surface area contributed by atoms with Crippen molar-refractivity contribution in [3.8, 4) is 17.2 Å². The first kappa shape index (κ1) is 23.6. The first-order chi connectivity index (χ1) is 17.5. The molecule has 1 aromatic heterocycles. The maximum Gasteiger partial charge on any atom is 0.299 e. The van der Waals surface area contributed by atoms with Crippen LogP contribution >= 0.6 is 11.6 Å². The number of ether oxygens (including phenoxy) is 1. The Morgan fingerprint density at radius 1 is 1.00 bits per heavy atom. The molecule has 0 saturated carbocycles. The first-order valence-corrected chi connectivity index (χ1v) is 11.8. The Bertz CT molecular complexity index is 1470. The average Bonchev–Trinajstić information content (AvgIpc) is 3.42. The summed E-state index contributed by atoms with van der Waals surface area (Å²) >= 11 is 6.09. The number of halogens is 2. The molecule has 0 aliphatic carbocycles. The Balaban J connectivity index is 1.54. The summed E-state index contributed by atoms with van der Waals surface area (Å²) in [7, 11) is 0. The molecule has 1 aliphatic rings. The van der Waals surface area contributed by atoms with Gasteiger partial charge in [-0.2, -0.15) is 9.78 Å². The van der Waals surface area contributed by atoms with E-state index in [1.54, 1.807) is 48.5 Å². The molecule has 1 fully saturated rings. The van der Waals surface area contributed by atoms with E-state index in [9.17, 15) is 14.0 Å². The molecule has 1 saturated heterocycles. The number of aromatic nitrogens is 2. The third kappa shape index (κ3) is 5.08. The normalized spacial score (nSPS) is 13.0. The molecular formula is C27H22ClFN4O3. The molecule has 5 rings (SSSR count). The molecule has 4 aromatic rings. The lowest BCUT2D eigenvalue weighted by molar-refractivity contribution is 0.0793. The number of nitrogens with zero attached hydrogens (tertiary/aromatic N) is 3. The highest BCUT2D eigenvalue weighted by Gasteiger charge is 2.20. The van der Waals surface area contributed by atoms with Crippen molar-refractivity contribution < 1.29 is 13.9 Å². The third-order valence-electron chi connectivity index (χ3n) is 5.81. The fourth-order valence-corrected chi connectivity index (χ4v) is 4.21. The van der Waals surface area contributed by atoms with Gasteiger partial charge in [0.05, 0.1) is 11.9 Å². The van der Waals surface area contributed by atoms with Gasteiger partial charge in [0.25, 0.3) is 11.5 Å². The van der Waals surface area contributed by atoms with Gasteiger partial charge in [-0.25, -0.2) is 4.39 Å². The van der Waals surface area contributed by atoms with Crippen molar-refractivity contribution in [3.63, 3.8) is 0 Å². The number of nitrogens with one attached hydrogen (secondary N) is 1. The Morgan fingerprint density at radius 2 is 1.75 bits per heavy atom. The van der Waals surface area contributed by atoms with Crippen molar-refractivity contribution in [2.75, 3.05) is 18.4 Å². The molecule has 182 valence electrons. The van der Waals surface area contributed by atoms with Crippen molar-refractivity contribution in [2.24, 2.45) is 0 Å². The van der Waals surface area contributed by atoms with Crippen LogP contribution < -0.4 is 15.6 Å². The Labute approximate surface area is 211 Å². The number of amides is 1. The van der Waals surface area contributed by atoms with E-state index in [1.165, 1.54) is 30.5 Å². The number of likely N-dealkylation sites (tertiary alicyclic amines) is 1. The van der Waals surface area contributed by atoms with E-state index >= 15 is 0 Å². The van der Waals surface area contributed by atoms with Gasteiger partial charge in [-0.1, -0.05) is 23.7 Å². The standard InChI is InChI=1S/C27H22ClFN4O3/c28-19-6-4-8-23(16-19)36-24-17-30-33(22-11-9-20(29)10-12-22)27(35)25(24)31-21-7-3-5-18(15-21)26(34)32-13-1-2-14-32/h3-12,15-17,31H,1-2,13-14H2. The maximum absolute atomic E-state index is 13.5. The van der Waals surface area contributed by atoms with E-state index in [2.05, 4.69) is 10.4 Å². The van der Waals surface area contributed by atoms with Gasteiger partial charge in [-0.15, -0.1) is 0 Å². The van der Waals surface area contributed by atoms with Gasteiger partial charge < -0.3 is 15.0 Å². The Kier molecular flexibility index (Phi) is 6.69. The highest BCUT2D eigenvalue weighted by molar-refractivity contribution is 6.30. The highest BCUT2D eigenvalue weighted by Crippen LogP contribution is 2.30. The molecule has 2 heterocycles. The quantitative estimate of drug-likeness (QED) is 0.359. The summed E-state index contributed by atoms with van der Waals surface area (Å²) in [4.78, 5) is 28.2. The number of hydrogen-bond donors (Lipinski definition) is 1. The molecule has 0 radical (unpaired) electrons. The predicted molar refractivity (Wildman–Crippen MR) is 136 cm³/mol. The number of carbonyl (C=O) groups excluding carboxylic acids is 1. The van der Waals surface area contributed by atoms with Crippen LogP contribution in [0.2, 0.25) is 5.02 Å². The zero-order valence-corrected chi connectivity index (χ0v) is 19.9. The number of rotatable bonds is 6. The molecule has 0 spiro atoms. The van der Waals surface area contributed by atoms with Crippen LogP contribution in [-0.4, -0.2) is 33.7 Å². The van der Waals surface area contributed by atoms with Gasteiger partial charge >= 0.3 is 0 Å². The van der Waals surface area contributed by atoms with Crippen molar-refractivity contribution in [1.29, 1.82) is 0 Å². The van der Waals surface area contributed by atoms with E-state index in [0.29, 0.717) is 27.7 Å². The molecule has 0 bridgehead atoms. The summed E-state index contributed by atoms with van der Waals surface area (Å²) < 4.78 is 20.5. The van der Waals surface area contributed by atoms with Crippen LogP contribution in [0.5, 0.6) is 11.5 Å². The minimum Gasteiger partial charge on any atom is -0.453 e. The highest BCUT2D eigenvalue weighted by atomic mass is 35.5. The molecule has 1 N–H and O–H groups in total. The third-order valence-corrected chi connectivity index (χ3v) is 6.05. The lowest BCUT2D eigenvalue weighted by atomic mass is 10.1. The summed E-state index contributed by atoms with van der Waals surface area (Å²) in [5.41, 5.74) is 1.02. The van der Waals surface area contributed by atoms with Gasteiger partial charge in [0, 0.05) is 29.4 Å². The van der Waals surface area contributed by atoms with Crippen LogP contribution in [-0.2, 0) is 0 Å². The van der Waals surface area contributed by atoms with E-state index in [1.807, 2.05) is 4.90 Å². The predicted octanol–water partition coefficient (Wildman–Crippen LogP) is 5.80. The van der Waals surface area contributed by atoms with Crippen LogP contribution in [0.4, 0.5) is 15.8 Å². The number of hydrogen-bond acceptors (Lipinski definition) is 5. The minimum atomic E-state index is -0.516. The summed E-state index contributed by atoms with van der Waals surface area (Å²) in [5.74, 6) is 0.108. The molecule has 0 atom stereocenters. The largest absolute Gasteiger partial charge is 0.453 e. The molecule has 3 aromatic carbocycles. The lowest BCUT2D eigenvalue weighted by Crippen LogP contribution is -2.27. The average molecular weight is 505 g/mol. The Hall–Kier alpha value is -4.17. The van der Waals surface area contributed by atoms with Crippen LogP contribution in [0.3, 0.4) is 0 Å². The first-order valence-electron chi connectivity index (χ1n) is 11.5. The summed E-state index contributed by atoms with van der Waals surface area (Å²) in [6.07, 6.45) is 3.38. The van der Waals surface area contributed by atoms with Crippen LogP contribution in [0.15, 0.2) is 83.8 Å². The maximum atomic E-state index is 13.5. The summed E-state index contributed by atoms with van der Waals surface area (Å²) in [6.45, 7) is 1.47. The lowest BCUT2D eigenvalue weighted by Gasteiger charge is -2.17. The zero-order chi connectivity index (χ0) is 25.1. The van der Waals surface area contributed by atoms with E-state index in [4.69, 9.17) is 16.3 Å². The van der Waals surface area contributed by atoms with E-state index < -0.39 is 11.4 Å². The molecule has 1 aliphatic heterocycles. The van der Waals surface area contributed by atoms with E-state index in [0.717, 1.165) is 30.6 Å². The van der Waals surface area contributed by atoms with Crippen molar-refractivity contribution in [3.05, 3.63) is 106 Å². The minimum absolute atomic E-state index is 0.0509. The van der Waals surface area contributed by atoms with Crippen LogP contribution in [0.25, 0.3) is 5.69 Å². The van der Waals surface area contributed by atoms with Gasteiger partial charge in [-0.05, 0) is 73.5 Å². The molecule has 9 heteroatoms. The fraction of sp³-hybridized carbons (Fsp3) is 0.148. The fourth-order valence-electron chi connectivity index (χ4n) is 4.03. The SMILES string of the molecule is O=C(c1cccc(Nc2c(Oc3cccc(Cl)c3)cnn(-c3ccc(F)cc3)c2=O)c1)N1CCCC1. The van der Waals surface area contributed by atoms with Crippen LogP contribution in [0, 0.1) is 5.82 Å². The molecule has 1 amide bonds. The second kappa shape index (κ2) is 10.2. The summed E-state index contributed by atoms with van der Waals surface area (Å²) in [6, 6.07) is 19.1. The summed E-state index contributed by atoms with van der Waals surface area (Å²) in [5, 5.41) is 7.80. The van der Waals surface area contributed by atoms with Gasteiger partial charge in [0.2, 0.25) is 0 Å². The monoisotopic (exact) mass is 504 g/mol. The van der Waals surface area contributed by atoms with E-state index in [-0.39, 0.29) is 17.3 Å². The van der Waals surface area contributed by atoms with Gasteiger partial charge in [0.1, 0.15) is 11.6 Å². The van der Waals surface area contributed by atoms with Crippen molar-refractivity contribution in [2.45, 2.75) is 12.8 Å². The second-order valence-electron chi connectivity index (χ2n) is 8.34. The molecule has 36 heavy (non-hydrogen) atoms. The zero-order valence-electron chi connectivity index (χ0n) is 19.2. The van der Waals surface area contributed by atoms with Gasteiger partial charge in [0.15, 0.2) is 11.4 Å². The van der Waals surface area contributed by atoms with Gasteiger partial charge in [-0.3, -0.25) is 9.59 Å². The number of benzene rings is 3. The molecule has 0 unspecified atom stereocenters. The number of carbonyl (C=O) groups is 1. The van der Waals surface area contributed by atoms with Crippen molar-refractivity contribution >= 4 is 28.9 Å². The van der Waals surface area contributed by atoms with Crippen LogP contribution in [0.1, 0.15) is 23.2 Å². The Morgan fingerprint density at radius 3 is 2.50 bits per heavy atom. The number of anilines is 2. The second-order valence-corrected chi connectivity index (χ2v) is 8.78. The molecular weight excluding hydrogens is 483 g/mol. The smallest absolute Gasteiger partial charge is 0.299 e.